The highest BCUT2D eigenvalue weighted by molar-refractivity contribution is 7.15. The van der Waals surface area contributed by atoms with Crippen molar-refractivity contribution in [3.05, 3.63) is 34.8 Å². The number of carbonyl (C=O) groups excluding carboxylic acids is 3. The molecule has 0 saturated carbocycles. The van der Waals surface area contributed by atoms with Crippen molar-refractivity contribution in [1.82, 2.24) is 4.98 Å². The Kier molecular flexibility index (Phi) is 5.32. The van der Waals surface area contributed by atoms with E-state index in [-0.39, 0.29) is 37.1 Å². The zero-order chi connectivity index (χ0) is 18.7. The van der Waals surface area contributed by atoms with Crippen LogP contribution in [-0.4, -0.2) is 29.3 Å². The van der Waals surface area contributed by atoms with Crippen molar-refractivity contribution in [1.29, 1.82) is 0 Å². The second kappa shape index (κ2) is 7.65. The molecule has 136 valence electrons. The Labute approximate surface area is 155 Å². The summed E-state index contributed by atoms with van der Waals surface area (Å²) in [5, 5.41) is 6.03. The molecule has 8 heteroatoms. The van der Waals surface area contributed by atoms with Crippen LogP contribution in [0.3, 0.4) is 0 Å². The van der Waals surface area contributed by atoms with Gasteiger partial charge in [0, 0.05) is 17.7 Å². The first kappa shape index (κ1) is 18.1. The van der Waals surface area contributed by atoms with Crippen molar-refractivity contribution < 1.29 is 14.4 Å². The van der Waals surface area contributed by atoms with E-state index in [1.165, 1.54) is 16.2 Å². The number of aryl methyl sites for hydroxylation is 2. The van der Waals surface area contributed by atoms with Gasteiger partial charge in [-0.05, 0) is 25.5 Å². The summed E-state index contributed by atoms with van der Waals surface area (Å²) in [4.78, 5) is 43.3. The maximum absolute atomic E-state index is 12.5. The molecule has 1 aliphatic rings. The van der Waals surface area contributed by atoms with Gasteiger partial charge in [0.2, 0.25) is 17.7 Å². The summed E-state index contributed by atoms with van der Waals surface area (Å²) in [5.41, 5.74) is 2.23. The number of hydrogen-bond acceptors (Lipinski definition) is 5. The first-order valence-corrected chi connectivity index (χ1v) is 9.25. The molecule has 7 nitrogen and oxygen atoms in total. The third-order valence-electron chi connectivity index (χ3n) is 4.11. The van der Waals surface area contributed by atoms with Crippen LogP contribution in [-0.2, 0) is 20.8 Å². The SMILES string of the molecule is CCc1nc(NC(=O)CCC(=O)N2CC(=O)Nc3ccccc32)sc1C. The Morgan fingerprint density at radius 3 is 2.81 bits per heavy atom. The van der Waals surface area contributed by atoms with Crippen LogP contribution in [0.5, 0.6) is 0 Å². The second-order valence-electron chi connectivity index (χ2n) is 5.97. The van der Waals surface area contributed by atoms with Crippen molar-refractivity contribution in [2.24, 2.45) is 0 Å². The van der Waals surface area contributed by atoms with Crippen molar-refractivity contribution in [3.8, 4) is 0 Å². The van der Waals surface area contributed by atoms with Crippen LogP contribution in [0.4, 0.5) is 16.5 Å². The number of thiazole rings is 1. The minimum atomic E-state index is -0.260. The molecule has 2 heterocycles. The molecule has 0 aliphatic carbocycles. The number of fused-ring (bicyclic) bond motifs is 1. The van der Waals surface area contributed by atoms with Gasteiger partial charge in [0.15, 0.2) is 5.13 Å². The molecule has 0 unspecified atom stereocenters. The number of hydrogen-bond donors (Lipinski definition) is 2. The summed E-state index contributed by atoms with van der Waals surface area (Å²) < 4.78 is 0. The maximum atomic E-state index is 12.5. The highest BCUT2D eigenvalue weighted by atomic mass is 32.1. The Balaban J connectivity index is 1.60. The predicted molar refractivity (Wildman–Crippen MR) is 102 cm³/mol. The molecule has 0 atom stereocenters. The molecule has 3 rings (SSSR count). The largest absolute Gasteiger partial charge is 0.323 e. The monoisotopic (exact) mass is 372 g/mol. The predicted octanol–water partition coefficient (Wildman–Crippen LogP) is 2.72. The Hall–Kier alpha value is -2.74. The number of amides is 3. The van der Waals surface area contributed by atoms with Crippen LogP contribution in [0.1, 0.15) is 30.3 Å². The standard InChI is InChI=1S/C18H20N4O3S/c1-3-12-11(2)26-18(20-12)21-15(23)8-9-17(25)22-10-16(24)19-13-6-4-5-7-14(13)22/h4-7H,3,8-10H2,1-2H3,(H,19,24)(H,20,21,23). The van der Waals surface area contributed by atoms with Crippen molar-refractivity contribution in [3.63, 3.8) is 0 Å². The van der Waals surface area contributed by atoms with Crippen molar-refractivity contribution in [2.75, 3.05) is 22.1 Å². The quantitative estimate of drug-likeness (QED) is 0.844. The smallest absolute Gasteiger partial charge is 0.244 e. The molecule has 0 bridgehead atoms. The molecule has 0 saturated heterocycles. The number of nitrogens with zero attached hydrogens (tertiary/aromatic N) is 2. The number of carbonyl (C=O) groups is 3. The molecule has 0 radical (unpaired) electrons. The van der Waals surface area contributed by atoms with Crippen LogP contribution >= 0.6 is 11.3 Å². The molecular formula is C18H20N4O3S. The van der Waals surface area contributed by atoms with E-state index in [0.29, 0.717) is 16.5 Å². The van der Waals surface area contributed by atoms with Gasteiger partial charge in [0.1, 0.15) is 6.54 Å². The van der Waals surface area contributed by atoms with Gasteiger partial charge in [-0.1, -0.05) is 19.1 Å². The Bertz CT molecular complexity index is 862. The molecular weight excluding hydrogens is 352 g/mol. The molecule has 3 amide bonds. The number of aromatic nitrogens is 1. The van der Waals surface area contributed by atoms with E-state index in [1.807, 2.05) is 13.8 Å². The number of anilines is 3. The highest BCUT2D eigenvalue weighted by Crippen LogP contribution is 2.29. The zero-order valence-corrected chi connectivity index (χ0v) is 15.5. The maximum Gasteiger partial charge on any atom is 0.244 e. The van der Waals surface area contributed by atoms with Gasteiger partial charge in [-0.25, -0.2) is 4.98 Å². The summed E-state index contributed by atoms with van der Waals surface area (Å²) >= 11 is 1.43. The van der Waals surface area contributed by atoms with Crippen LogP contribution in [0.2, 0.25) is 0 Å². The van der Waals surface area contributed by atoms with Crippen molar-refractivity contribution in [2.45, 2.75) is 33.1 Å². The highest BCUT2D eigenvalue weighted by Gasteiger charge is 2.26. The van der Waals surface area contributed by atoms with E-state index in [2.05, 4.69) is 15.6 Å². The first-order valence-electron chi connectivity index (χ1n) is 8.43. The van der Waals surface area contributed by atoms with Crippen LogP contribution in [0, 0.1) is 6.92 Å². The van der Waals surface area contributed by atoms with Gasteiger partial charge < -0.3 is 15.5 Å². The van der Waals surface area contributed by atoms with E-state index in [0.717, 1.165) is 17.0 Å². The minimum Gasteiger partial charge on any atom is -0.323 e. The number of para-hydroxylation sites is 2. The average molecular weight is 372 g/mol. The molecule has 1 aliphatic heterocycles. The summed E-state index contributed by atoms with van der Waals surface area (Å²) in [6.07, 6.45) is 0.880. The summed E-state index contributed by atoms with van der Waals surface area (Å²) in [7, 11) is 0. The molecule has 2 N–H and O–H groups in total. The third kappa shape index (κ3) is 3.91. The van der Waals surface area contributed by atoms with Gasteiger partial charge in [-0.15, -0.1) is 11.3 Å². The van der Waals surface area contributed by atoms with Crippen LogP contribution in [0.25, 0.3) is 0 Å². The fraction of sp³-hybridized carbons (Fsp3) is 0.333. The van der Waals surface area contributed by atoms with Gasteiger partial charge in [-0.3, -0.25) is 14.4 Å². The normalized spacial score (nSPS) is 13.2. The number of nitrogens with one attached hydrogen (secondary N) is 2. The number of rotatable bonds is 5. The van der Waals surface area contributed by atoms with Gasteiger partial charge in [0.25, 0.3) is 0 Å². The fourth-order valence-corrected chi connectivity index (χ4v) is 3.72. The first-order chi connectivity index (χ1) is 12.5. The molecule has 1 aromatic heterocycles. The third-order valence-corrected chi connectivity index (χ3v) is 5.04. The van der Waals surface area contributed by atoms with Crippen LogP contribution < -0.4 is 15.5 Å². The second-order valence-corrected chi connectivity index (χ2v) is 7.17. The van der Waals surface area contributed by atoms with E-state index >= 15 is 0 Å². The molecule has 1 aromatic carbocycles. The molecule has 2 aromatic rings. The Morgan fingerprint density at radius 2 is 2.08 bits per heavy atom. The van der Waals surface area contributed by atoms with E-state index in [9.17, 15) is 14.4 Å². The van der Waals surface area contributed by atoms with Gasteiger partial charge in [-0.2, -0.15) is 0 Å². The molecule has 0 fully saturated rings. The van der Waals surface area contributed by atoms with E-state index < -0.39 is 0 Å². The molecule has 0 spiro atoms. The lowest BCUT2D eigenvalue weighted by molar-refractivity contribution is -0.124. The summed E-state index contributed by atoms with van der Waals surface area (Å²) in [5.74, 6) is -0.761. The van der Waals surface area contributed by atoms with E-state index in [1.54, 1.807) is 24.3 Å². The topological polar surface area (TPSA) is 91.4 Å². The lowest BCUT2D eigenvalue weighted by atomic mass is 10.1. The van der Waals surface area contributed by atoms with E-state index in [4.69, 9.17) is 0 Å². The average Bonchev–Trinajstić information content (AvgIpc) is 2.98. The Morgan fingerprint density at radius 1 is 1.31 bits per heavy atom. The van der Waals surface area contributed by atoms with Crippen molar-refractivity contribution >= 4 is 45.6 Å². The van der Waals surface area contributed by atoms with Gasteiger partial charge >= 0.3 is 0 Å². The van der Waals surface area contributed by atoms with Gasteiger partial charge in [0.05, 0.1) is 17.1 Å². The fourth-order valence-electron chi connectivity index (χ4n) is 2.80. The minimum absolute atomic E-state index is 0.0262. The summed E-state index contributed by atoms with van der Waals surface area (Å²) in [6.45, 7) is 3.94. The number of benzene rings is 1. The zero-order valence-electron chi connectivity index (χ0n) is 14.7. The lowest BCUT2D eigenvalue weighted by Gasteiger charge is -2.29. The summed E-state index contributed by atoms with van der Waals surface area (Å²) in [6, 6.07) is 7.12. The van der Waals surface area contributed by atoms with Crippen LogP contribution in [0.15, 0.2) is 24.3 Å². The lowest BCUT2D eigenvalue weighted by Crippen LogP contribution is -2.42. The molecule has 26 heavy (non-hydrogen) atoms.